The van der Waals surface area contributed by atoms with Gasteiger partial charge in [0.05, 0.1) is 4.83 Å². The van der Waals surface area contributed by atoms with Crippen LogP contribution in [0.15, 0.2) is 59.0 Å². The van der Waals surface area contributed by atoms with E-state index in [0.717, 1.165) is 5.76 Å². The normalized spacial score (nSPS) is 12.8. The second-order valence-electron chi connectivity index (χ2n) is 4.07. The molecule has 1 heterocycles. The molecule has 3 heteroatoms. The van der Waals surface area contributed by atoms with E-state index in [1.165, 1.54) is 16.3 Å². The van der Waals surface area contributed by atoms with Crippen LogP contribution >= 0.6 is 27.5 Å². The molecule has 0 aliphatic carbocycles. The van der Waals surface area contributed by atoms with Crippen molar-refractivity contribution in [3.05, 3.63) is 71.1 Å². The smallest absolute Gasteiger partial charge is 0.193 e. The summed E-state index contributed by atoms with van der Waals surface area (Å²) in [5.74, 6) is 0.816. The quantitative estimate of drug-likeness (QED) is 0.562. The van der Waals surface area contributed by atoms with Gasteiger partial charge in [0.1, 0.15) is 5.76 Å². The standard InChI is InChI=1S/C15H10BrClO/c16-15(13-8-9-14(17)18-13)12-7-3-5-10-4-1-2-6-11(10)12/h1-9,15H. The topological polar surface area (TPSA) is 13.1 Å². The van der Waals surface area contributed by atoms with Crippen LogP contribution in [-0.2, 0) is 0 Å². The van der Waals surface area contributed by atoms with Gasteiger partial charge in [-0.05, 0) is 40.1 Å². The molecule has 0 aliphatic heterocycles. The van der Waals surface area contributed by atoms with Crippen molar-refractivity contribution in [1.82, 2.24) is 0 Å². The van der Waals surface area contributed by atoms with Crippen molar-refractivity contribution >= 4 is 38.3 Å². The summed E-state index contributed by atoms with van der Waals surface area (Å²) in [6, 6.07) is 18.2. The third-order valence-electron chi connectivity index (χ3n) is 2.94. The summed E-state index contributed by atoms with van der Waals surface area (Å²) in [5, 5.41) is 2.85. The van der Waals surface area contributed by atoms with Gasteiger partial charge in [-0.25, -0.2) is 0 Å². The average molecular weight is 322 g/mol. The number of furan rings is 1. The zero-order valence-electron chi connectivity index (χ0n) is 9.44. The number of hydrogen-bond donors (Lipinski definition) is 0. The van der Waals surface area contributed by atoms with Gasteiger partial charge >= 0.3 is 0 Å². The highest BCUT2D eigenvalue weighted by Gasteiger charge is 2.16. The lowest BCUT2D eigenvalue weighted by molar-refractivity contribution is 0.522. The Hall–Kier alpha value is -1.25. The van der Waals surface area contributed by atoms with Gasteiger partial charge in [-0.1, -0.05) is 58.4 Å². The van der Waals surface area contributed by atoms with E-state index in [4.69, 9.17) is 16.0 Å². The molecule has 1 atom stereocenters. The van der Waals surface area contributed by atoms with Gasteiger partial charge in [-0.3, -0.25) is 0 Å². The predicted molar refractivity (Wildman–Crippen MR) is 78.4 cm³/mol. The molecule has 90 valence electrons. The molecule has 1 aromatic heterocycles. The lowest BCUT2D eigenvalue weighted by Crippen LogP contribution is -1.92. The minimum Gasteiger partial charge on any atom is -0.448 e. The molecule has 0 radical (unpaired) electrons. The van der Waals surface area contributed by atoms with Gasteiger partial charge in [0.15, 0.2) is 5.22 Å². The molecule has 3 rings (SSSR count). The molecule has 0 saturated carbocycles. The highest BCUT2D eigenvalue weighted by molar-refractivity contribution is 9.09. The van der Waals surface area contributed by atoms with Gasteiger partial charge in [0.25, 0.3) is 0 Å². The molecule has 0 bridgehead atoms. The number of halogens is 2. The van der Waals surface area contributed by atoms with Crippen molar-refractivity contribution in [2.24, 2.45) is 0 Å². The SMILES string of the molecule is Clc1ccc(C(Br)c2cccc3ccccc23)o1. The Kier molecular flexibility index (Phi) is 3.14. The largest absolute Gasteiger partial charge is 0.448 e. The van der Waals surface area contributed by atoms with Crippen LogP contribution in [0.5, 0.6) is 0 Å². The van der Waals surface area contributed by atoms with E-state index in [2.05, 4.69) is 46.3 Å². The van der Waals surface area contributed by atoms with Gasteiger partial charge < -0.3 is 4.42 Å². The van der Waals surface area contributed by atoms with Crippen molar-refractivity contribution in [2.45, 2.75) is 4.83 Å². The van der Waals surface area contributed by atoms with E-state index in [-0.39, 0.29) is 4.83 Å². The van der Waals surface area contributed by atoms with Crippen molar-refractivity contribution in [3.8, 4) is 0 Å². The van der Waals surface area contributed by atoms with Gasteiger partial charge in [0, 0.05) is 0 Å². The maximum absolute atomic E-state index is 5.82. The summed E-state index contributed by atoms with van der Waals surface area (Å²) in [4.78, 5) is 0.0103. The first-order chi connectivity index (χ1) is 8.75. The van der Waals surface area contributed by atoms with Crippen LogP contribution in [-0.4, -0.2) is 0 Å². The second-order valence-corrected chi connectivity index (χ2v) is 5.36. The molecule has 0 spiro atoms. The number of fused-ring (bicyclic) bond motifs is 1. The lowest BCUT2D eigenvalue weighted by atomic mass is 10.0. The van der Waals surface area contributed by atoms with Crippen LogP contribution in [0.2, 0.25) is 5.22 Å². The molecular formula is C15H10BrClO. The van der Waals surface area contributed by atoms with E-state index >= 15 is 0 Å². The highest BCUT2D eigenvalue weighted by Crippen LogP contribution is 2.36. The Bertz CT molecular complexity index is 684. The summed E-state index contributed by atoms with van der Waals surface area (Å²) in [5.41, 5.74) is 1.18. The van der Waals surface area contributed by atoms with E-state index in [0.29, 0.717) is 5.22 Å². The van der Waals surface area contributed by atoms with Crippen molar-refractivity contribution in [2.75, 3.05) is 0 Å². The number of alkyl halides is 1. The molecule has 1 nitrogen and oxygen atoms in total. The van der Waals surface area contributed by atoms with E-state index in [9.17, 15) is 0 Å². The first kappa shape index (κ1) is 11.8. The Morgan fingerprint density at radius 3 is 2.50 bits per heavy atom. The van der Waals surface area contributed by atoms with Crippen LogP contribution in [0.3, 0.4) is 0 Å². The van der Waals surface area contributed by atoms with Gasteiger partial charge in [-0.15, -0.1) is 0 Å². The fraction of sp³-hybridized carbons (Fsp3) is 0.0667. The minimum atomic E-state index is 0.0103. The molecule has 0 N–H and O–H groups in total. The van der Waals surface area contributed by atoms with Crippen molar-refractivity contribution < 1.29 is 4.42 Å². The van der Waals surface area contributed by atoms with Crippen LogP contribution < -0.4 is 0 Å². The summed E-state index contributed by atoms with van der Waals surface area (Å²) in [6.45, 7) is 0. The fourth-order valence-corrected chi connectivity index (χ4v) is 2.89. The zero-order valence-corrected chi connectivity index (χ0v) is 11.8. The van der Waals surface area contributed by atoms with Gasteiger partial charge in [-0.2, -0.15) is 0 Å². The van der Waals surface area contributed by atoms with E-state index < -0.39 is 0 Å². The van der Waals surface area contributed by atoms with Crippen molar-refractivity contribution in [1.29, 1.82) is 0 Å². The van der Waals surface area contributed by atoms with Crippen LogP contribution in [0.4, 0.5) is 0 Å². The highest BCUT2D eigenvalue weighted by atomic mass is 79.9. The lowest BCUT2D eigenvalue weighted by Gasteiger charge is -2.10. The van der Waals surface area contributed by atoms with Crippen LogP contribution in [0, 0.1) is 0 Å². The molecule has 0 amide bonds. The Balaban J connectivity index is 2.14. The molecular weight excluding hydrogens is 312 g/mol. The second kappa shape index (κ2) is 4.79. The molecule has 0 fully saturated rings. The van der Waals surface area contributed by atoms with Crippen LogP contribution in [0.1, 0.15) is 16.2 Å². The summed E-state index contributed by atoms with van der Waals surface area (Å²) >= 11 is 9.50. The maximum atomic E-state index is 5.82. The Morgan fingerprint density at radius 1 is 0.944 bits per heavy atom. The Morgan fingerprint density at radius 2 is 1.72 bits per heavy atom. The predicted octanol–water partition coefficient (Wildman–Crippen LogP) is 5.57. The third-order valence-corrected chi connectivity index (χ3v) is 4.09. The molecule has 3 aromatic rings. The van der Waals surface area contributed by atoms with E-state index in [1.807, 2.05) is 18.2 Å². The molecule has 2 aromatic carbocycles. The Labute approximate surface area is 119 Å². The monoisotopic (exact) mass is 320 g/mol. The first-order valence-corrected chi connectivity index (χ1v) is 6.92. The molecule has 0 aliphatic rings. The number of rotatable bonds is 2. The summed E-state index contributed by atoms with van der Waals surface area (Å²) in [6.07, 6.45) is 0. The first-order valence-electron chi connectivity index (χ1n) is 5.62. The van der Waals surface area contributed by atoms with E-state index in [1.54, 1.807) is 6.07 Å². The molecule has 1 unspecified atom stereocenters. The van der Waals surface area contributed by atoms with Crippen molar-refractivity contribution in [3.63, 3.8) is 0 Å². The fourth-order valence-electron chi connectivity index (χ4n) is 2.09. The summed E-state index contributed by atoms with van der Waals surface area (Å²) < 4.78 is 5.47. The molecule has 18 heavy (non-hydrogen) atoms. The maximum Gasteiger partial charge on any atom is 0.193 e. The van der Waals surface area contributed by atoms with Gasteiger partial charge in [0.2, 0.25) is 0 Å². The number of benzene rings is 2. The number of hydrogen-bond acceptors (Lipinski definition) is 1. The molecule has 0 saturated heterocycles. The average Bonchev–Trinajstić information content (AvgIpc) is 2.84. The van der Waals surface area contributed by atoms with Crippen LogP contribution in [0.25, 0.3) is 10.8 Å². The minimum absolute atomic E-state index is 0.0103. The third kappa shape index (κ3) is 2.06. The summed E-state index contributed by atoms with van der Waals surface area (Å²) in [7, 11) is 0. The zero-order chi connectivity index (χ0) is 12.5.